The lowest BCUT2D eigenvalue weighted by Gasteiger charge is -2.18. The molecule has 2 aromatic rings. The predicted octanol–water partition coefficient (Wildman–Crippen LogP) is 6.57. The molecule has 0 N–H and O–H groups in total. The minimum Gasteiger partial charge on any atom is -0.283 e. The Balaban J connectivity index is 2.08. The Kier molecular flexibility index (Phi) is 6.30. The van der Waals surface area contributed by atoms with Crippen LogP contribution in [0.5, 0.6) is 0 Å². The number of rotatable bonds is 6. The Morgan fingerprint density at radius 1 is 0.682 bits per heavy atom. The van der Waals surface area contributed by atoms with E-state index in [1.54, 1.807) is 0 Å². The third-order valence-electron chi connectivity index (χ3n) is 3.61. The smallest absolute Gasteiger partial charge is 0.0646 e. The largest absolute Gasteiger partial charge is 0.283 e. The van der Waals surface area contributed by atoms with Crippen LogP contribution in [0.3, 0.4) is 0 Å². The molecule has 0 unspecified atom stereocenters. The van der Waals surface area contributed by atoms with Crippen molar-refractivity contribution in [1.29, 1.82) is 0 Å². The molecule has 0 saturated heterocycles. The van der Waals surface area contributed by atoms with Gasteiger partial charge in [0.15, 0.2) is 0 Å². The van der Waals surface area contributed by atoms with Crippen molar-refractivity contribution >= 4 is 34.2 Å². The summed E-state index contributed by atoms with van der Waals surface area (Å²) in [5, 5.41) is 0. The van der Waals surface area contributed by atoms with Crippen molar-refractivity contribution in [3.63, 3.8) is 0 Å². The molecule has 0 aromatic heterocycles. The molecular formula is C20H26IN. The minimum absolute atomic E-state index is 0.704. The summed E-state index contributed by atoms with van der Waals surface area (Å²) >= 11 is 2.38. The number of halogens is 1. The zero-order chi connectivity index (χ0) is 16.1. The van der Waals surface area contributed by atoms with Gasteiger partial charge < -0.3 is 0 Å². The molecule has 2 aromatic carbocycles. The number of anilines is 2. The van der Waals surface area contributed by atoms with E-state index in [1.165, 1.54) is 22.5 Å². The molecule has 0 aliphatic heterocycles. The van der Waals surface area contributed by atoms with Gasteiger partial charge in [-0.3, -0.25) is 3.11 Å². The molecule has 22 heavy (non-hydrogen) atoms. The zero-order valence-corrected chi connectivity index (χ0v) is 16.2. The summed E-state index contributed by atoms with van der Waals surface area (Å²) in [6.07, 6.45) is 2.29. The molecule has 0 fully saturated rings. The SMILES string of the molecule is CC(C)Cc1ccc(N(I)c2ccc(CC(C)C)cc2)cc1. The van der Waals surface area contributed by atoms with Gasteiger partial charge in [-0.25, -0.2) is 0 Å². The van der Waals surface area contributed by atoms with Gasteiger partial charge in [-0.05, 0) is 60.1 Å². The molecule has 0 amide bonds. The second-order valence-electron chi connectivity index (χ2n) is 6.81. The Bertz CT molecular complexity index is 516. The molecular weight excluding hydrogens is 381 g/mol. The van der Waals surface area contributed by atoms with Crippen molar-refractivity contribution in [2.24, 2.45) is 11.8 Å². The normalized spacial score (nSPS) is 11.2. The Morgan fingerprint density at radius 2 is 1.00 bits per heavy atom. The van der Waals surface area contributed by atoms with Gasteiger partial charge in [0.05, 0.1) is 34.2 Å². The highest BCUT2D eigenvalue weighted by Crippen LogP contribution is 2.30. The predicted molar refractivity (Wildman–Crippen MR) is 106 cm³/mol. The number of hydrogen-bond acceptors (Lipinski definition) is 1. The Hall–Kier alpha value is -1.03. The maximum atomic E-state index is 2.38. The molecule has 0 heterocycles. The lowest BCUT2D eigenvalue weighted by atomic mass is 10.0. The van der Waals surface area contributed by atoms with Crippen LogP contribution in [0.25, 0.3) is 0 Å². The summed E-state index contributed by atoms with van der Waals surface area (Å²) in [6.45, 7) is 9.04. The van der Waals surface area contributed by atoms with E-state index in [-0.39, 0.29) is 0 Å². The van der Waals surface area contributed by atoms with Crippen molar-refractivity contribution in [3.8, 4) is 0 Å². The molecule has 0 saturated carbocycles. The van der Waals surface area contributed by atoms with Crippen LogP contribution < -0.4 is 3.11 Å². The maximum absolute atomic E-state index is 2.38. The lowest BCUT2D eigenvalue weighted by Crippen LogP contribution is -2.02. The highest BCUT2D eigenvalue weighted by atomic mass is 127. The van der Waals surface area contributed by atoms with Gasteiger partial charge in [0.2, 0.25) is 0 Å². The van der Waals surface area contributed by atoms with Crippen LogP contribution >= 0.6 is 22.9 Å². The van der Waals surface area contributed by atoms with Gasteiger partial charge in [0.1, 0.15) is 0 Å². The third-order valence-corrected chi connectivity index (χ3v) is 4.73. The monoisotopic (exact) mass is 407 g/mol. The van der Waals surface area contributed by atoms with Crippen LogP contribution in [-0.4, -0.2) is 0 Å². The first-order chi connectivity index (χ1) is 10.5. The molecule has 0 atom stereocenters. The van der Waals surface area contributed by atoms with Crippen molar-refractivity contribution in [3.05, 3.63) is 59.7 Å². The fourth-order valence-electron chi connectivity index (χ4n) is 2.62. The summed E-state index contributed by atoms with van der Waals surface area (Å²) < 4.78 is 2.22. The van der Waals surface area contributed by atoms with E-state index in [9.17, 15) is 0 Å². The second kappa shape index (κ2) is 8.00. The van der Waals surface area contributed by atoms with Gasteiger partial charge in [-0.2, -0.15) is 0 Å². The molecule has 0 radical (unpaired) electrons. The second-order valence-corrected chi connectivity index (χ2v) is 7.77. The van der Waals surface area contributed by atoms with Gasteiger partial charge in [0.25, 0.3) is 0 Å². The fourth-order valence-corrected chi connectivity index (χ4v) is 3.26. The van der Waals surface area contributed by atoms with Crippen LogP contribution in [0, 0.1) is 11.8 Å². The fraction of sp³-hybridized carbons (Fsp3) is 0.400. The summed E-state index contributed by atoms with van der Waals surface area (Å²) in [6, 6.07) is 17.8. The molecule has 118 valence electrons. The van der Waals surface area contributed by atoms with E-state index in [0.29, 0.717) is 11.8 Å². The zero-order valence-electron chi connectivity index (χ0n) is 14.0. The molecule has 1 nitrogen and oxygen atoms in total. The van der Waals surface area contributed by atoms with Gasteiger partial charge in [0, 0.05) is 0 Å². The maximum Gasteiger partial charge on any atom is 0.0646 e. The summed E-state index contributed by atoms with van der Waals surface area (Å²) in [7, 11) is 0. The highest BCUT2D eigenvalue weighted by Gasteiger charge is 2.07. The minimum atomic E-state index is 0.704. The van der Waals surface area contributed by atoms with Gasteiger partial charge in [-0.15, -0.1) is 0 Å². The van der Waals surface area contributed by atoms with E-state index >= 15 is 0 Å². The Morgan fingerprint density at radius 3 is 1.27 bits per heavy atom. The van der Waals surface area contributed by atoms with Gasteiger partial charge in [-0.1, -0.05) is 52.0 Å². The van der Waals surface area contributed by atoms with Crippen LogP contribution in [0.1, 0.15) is 38.8 Å². The molecule has 2 rings (SSSR count). The standard InChI is InChI=1S/C20H26IN/c1-15(2)13-17-5-9-19(10-6-17)22(21)20-11-7-18(8-12-20)14-16(3)4/h5-12,15-16H,13-14H2,1-4H3. The number of benzene rings is 2. The first kappa shape index (κ1) is 17.3. The van der Waals surface area contributed by atoms with Crippen molar-refractivity contribution in [2.75, 3.05) is 3.11 Å². The summed E-state index contributed by atoms with van der Waals surface area (Å²) in [5.41, 5.74) is 5.28. The first-order valence-corrected chi connectivity index (χ1v) is 9.06. The Labute approximate surface area is 149 Å². The molecule has 0 aliphatic carbocycles. The van der Waals surface area contributed by atoms with E-state index in [2.05, 4.69) is 102 Å². The van der Waals surface area contributed by atoms with Crippen LogP contribution in [0.2, 0.25) is 0 Å². The topological polar surface area (TPSA) is 3.24 Å². The molecule has 0 spiro atoms. The van der Waals surface area contributed by atoms with Crippen LogP contribution in [0.4, 0.5) is 11.4 Å². The van der Waals surface area contributed by atoms with Crippen molar-refractivity contribution in [1.82, 2.24) is 0 Å². The first-order valence-electron chi connectivity index (χ1n) is 8.09. The summed E-state index contributed by atoms with van der Waals surface area (Å²) in [4.78, 5) is 0. The van der Waals surface area contributed by atoms with Gasteiger partial charge >= 0.3 is 0 Å². The molecule has 0 aliphatic rings. The van der Waals surface area contributed by atoms with E-state index in [1.807, 2.05) is 0 Å². The van der Waals surface area contributed by atoms with E-state index in [0.717, 1.165) is 12.8 Å². The van der Waals surface area contributed by atoms with Crippen molar-refractivity contribution in [2.45, 2.75) is 40.5 Å². The average molecular weight is 407 g/mol. The van der Waals surface area contributed by atoms with Crippen LogP contribution in [-0.2, 0) is 12.8 Å². The average Bonchev–Trinajstić information content (AvgIpc) is 2.47. The quantitative estimate of drug-likeness (QED) is 0.387. The number of hydrogen-bond donors (Lipinski definition) is 0. The number of nitrogens with zero attached hydrogens (tertiary/aromatic N) is 1. The van der Waals surface area contributed by atoms with E-state index < -0.39 is 0 Å². The molecule has 2 heteroatoms. The third kappa shape index (κ3) is 5.01. The summed E-state index contributed by atoms with van der Waals surface area (Å²) in [5.74, 6) is 1.41. The van der Waals surface area contributed by atoms with Crippen molar-refractivity contribution < 1.29 is 0 Å². The van der Waals surface area contributed by atoms with Crippen LogP contribution in [0.15, 0.2) is 48.5 Å². The lowest BCUT2D eigenvalue weighted by molar-refractivity contribution is 0.647. The highest BCUT2D eigenvalue weighted by molar-refractivity contribution is 14.1. The molecule has 0 bridgehead atoms. The van der Waals surface area contributed by atoms with E-state index in [4.69, 9.17) is 0 Å².